The number of imidazole rings is 1. The predicted octanol–water partition coefficient (Wildman–Crippen LogP) is 2.60. The minimum Gasteiger partial charge on any atom is -0.381 e. The SMILES string of the molecule is CC(C)Nc1nccn2c(-c3ccnc(NC4CCOCC4)n3)cnc12. The summed E-state index contributed by atoms with van der Waals surface area (Å²) in [6, 6.07) is 2.53. The molecule has 0 bridgehead atoms. The van der Waals surface area contributed by atoms with E-state index in [0.29, 0.717) is 12.0 Å². The number of hydrogen-bond acceptors (Lipinski definition) is 7. The van der Waals surface area contributed by atoms with Crippen LogP contribution < -0.4 is 10.6 Å². The van der Waals surface area contributed by atoms with E-state index >= 15 is 0 Å². The molecule has 0 saturated carbocycles. The molecule has 1 saturated heterocycles. The van der Waals surface area contributed by atoms with Crippen LogP contribution in [0.4, 0.5) is 11.8 Å². The first-order chi connectivity index (χ1) is 12.7. The fourth-order valence-corrected chi connectivity index (χ4v) is 3.08. The highest BCUT2D eigenvalue weighted by molar-refractivity contribution is 5.69. The van der Waals surface area contributed by atoms with Crippen molar-refractivity contribution in [3.8, 4) is 11.4 Å². The van der Waals surface area contributed by atoms with Crippen LogP contribution in [0.2, 0.25) is 0 Å². The Balaban J connectivity index is 1.64. The maximum atomic E-state index is 5.40. The first-order valence-electron chi connectivity index (χ1n) is 8.97. The van der Waals surface area contributed by atoms with Crippen LogP contribution in [0.25, 0.3) is 17.0 Å². The summed E-state index contributed by atoms with van der Waals surface area (Å²) in [5, 5.41) is 6.74. The molecule has 0 amide bonds. The van der Waals surface area contributed by atoms with Crippen LogP contribution in [0.15, 0.2) is 30.9 Å². The fraction of sp³-hybridized carbons (Fsp3) is 0.444. The molecule has 0 unspecified atom stereocenters. The largest absolute Gasteiger partial charge is 0.381 e. The van der Waals surface area contributed by atoms with E-state index in [9.17, 15) is 0 Å². The summed E-state index contributed by atoms with van der Waals surface area (Å²) >= 11 is 0. The van der Waals surface area contributed by atoms with Crippen LogP contribution in [-0.2, 0) is 4.74 Å². The first kappa shape index (κ1) is 16.7. The summed E-state index contributed by atoms with van der Waals surface area (Å²) in [5.41, 5.74) is 2.52. The van der Waals surface area contributed by atoms with Crippen molar-refractivity contribution in [1.29, 1.82) is 0 Å². The third-order valence-electron chi connectivity index (χ3n) is 4.33. The Morgan fingerprint density at radius 2 is 2.00 bits per heavy atom. The number of nitrogens with one attached hydrogen (secondary N) is 2. The minimum absolute atomic E-state index is 0.281. The lowest BCUT2D eigenvalue weighted by Crippen LogP contribution is -2.28. The molecule has 136 valence electrons. The lowest BCUT2D eigenvalue weighted by molar-refractivity contribution is 0.0903. The van der Waals surface area contributed by atoms with Crippen molar-refractivity contribution in [2.45, 2.75) is 38.8 Å². The van der Waals surface area contributed by atoms with Crippen molar-refractivity contribution < 1.29 is 4.74 Å². The summed E-state index contributed by atoms with van der Waals surface area (Å²) in [5.74, 6) is 1.40. The Hall–Kier alpha value is -2.74. The van der Waals surface area contributed by atoms with Gasteiger partial charge in [0.1, 0.15) is 0 Å². The van der Waals surface area contributed by atoms with Crippen LogP contribution in [0.5, 0.6) is 0 Å². The molecule has 1 fully saturated rings. The van der Waals surface area contributed by atoms with Gasteiger partial charge in [-0.3, -0.25) is 4.40 Å². The van der Waals surface area contributed by atoms with E-state index in [4.69, 9.17) is 4.74 Å². The topological polar surface area (TPSA) is 89.3 Å². The van der Waals surface area contributed by atoms with Crippen LogP contribution >= 0.6 is 0 Å². The molecule has 8 nitrogen and oxygen atoms in total. The molecule has 0 aliphatic carbocycles. The van der Waals surface area contributed by atoms with Gasteiger partial charge in [0.15, 0.2) is 11.5 Å². The van der Waals surface area contributed by atoms with E-state index in [1.807, 2.05) is 22.9 Å². The molecule has 3 aromatic rings. The van der Waals surface area contributed by atoms with Crippen LogP contribution in [0.3, 0.4) is 0 Å². The van der Waals surface area contributed by atoms with Crippen molar-refractivity contribution in [3.05, 3.63) is 30.9 Å². The van der Waals surface area contributed by atoms with E-state index in [-0.39, 0.29) is 6.04 Å². The van der Waals surface area contributed by atoms with Gasteiger partial charge in [0.2, 0.25) is 5.95 Å². The van der Waals surface area contributed by atoms with E-state index in [1.165, 1.54) is 0 Å². The molecule has 0 spiro atoms. The number of ether oxygens (including phenoxy) is 1. The Morgan fingerprint density at radius 3 is 2.81 bits per heavy atom. The normalized spacial score (nSPS) is 15.5. The van der Waals surface area contributed by atoms with Gasteiger partial charge in [0.25, 0.3) is 0 Å². The van der Waals surface area contributed by atoms with Gasteiger partial charge in [-0.25, -0.2) is 19.9 Å². The van der Waals surface area contributed by atoms with Crippen molar-refractivity contribution in [2.24, 2.45) is 0 Å². The third kappa shape index (κ3) is 3.45. The lowest BCUT2D eigenvalue weighted by atomic mass is 10.1. The quantitative estimate of drug-likeness (QED) is 0.729. The van der Waals surface area contributed by atoms with Crippen molar-refractivity contribution in [2.75, 3.05) is 23.8 Å². The number of aromatic nitrogens is 5. The summed E-state index contributed by atoms with van der Waals surface area (Å²) in [6.45, 7) is 5.72. The highest BCUT2D eigenvalue weighted by Gasteiger charge is 2.16. The fourth-order valence-electron chi connectivity index (χ4n) is 3.08. The van der Waals surface area contributed by atoms with Gasteiger partial charge in [-0.2, -0.15) is 0 Å². The molecule has 26 heavy (non-hydrogen) atoms. The zero-order valence-corrected chi connectivity index (χ0v) is 15.0. The Morgan fingerprint density at radius 1 is 1.15 bits per heavy atom. The number of anilines is 2. The molecule has 1 aliphatic heterocycles. The molecular weight excluding hydrogens is 330 g/mol. The maximum absolute atomic E-state index is 5.40. The first-order valence-corrected chi connectivity index (χ1v) is 8.97. The molecule has 4 heterocycles. The van der Waals surface area contributed by atoms with Crippen LogP contribution in [-0.4, -0.2) is 49.6 Å². The second-order valence-corrected chi connectivity index (χ2v) is 6.71. The van der Waals surface area contributed by atoms with Crippen molar-refractivity contribution in [1.82, 2.24) is 24.3 Å². The predicted molar refractivity (Wildman–Crippen MR) is 100 cm³/mol. The number of nitrogens with zero attached hydrogens (tertiary/aromatic N) is 5. The summed E-state index contributed by atoms with van der Waals surface area (Å²) < 4.78 is 7.40. The zero-order valence-electron chi connectivity index (χ0n) is 15.0. The van der Waals surface area contributed by atoms with E-state index in [1.54, 1.807) is 12.4 Å². The average molecular weight is 353 g/mol. The van der Waals surface area contributed by atoms with Gasteiger partial charge in [-0.15, -0.1) is 0 Å². The second kappa shape index (κ2) is 7.25. The van der Waals surface area contributed by atoms with Gasteiger partial charge in [0.05, 0.1) is 17.6 Å². The second-order valence-electron chi connectivity index (χ2n) is 6.71. The lowest BCUT2D eigenvalue weighted by Gasteiger charge is -2.23. The van der Waals surface area contributed by atoms with E-state index in [0.717, 1.165) is 48.9 Å². The molecule has 4 rings (SSSR count). The number of fused-ring (bicyclic) bond motifs is 1. The highest BCUT2D eigenvalue weighted by atomic mass is 16.5. The molecule has 1 aliphatic rings. The molecule has 8 heteroatoms. The van der Waals surface area contributed by atoms with Gasteiger partial charge >= 0.3 is 0 Å². The standard InChI is InChI=1S/C18H23N7O/c1-12(2)22-16-17-21-11-15(25(17)8-7-19-16)14-3-6-20-18(24-14)23-13-4-9-26-10-5-13/h3,6-8,11-13H,4-5,9-10H2,1-2H3,(H,19,22)(H,20,23,24). The molecule has 0 aromatic carbocycles. The molecular formula is C18H23N7O. The van der Waals surface area contributed by atoms with Gasteiger partial charge in [-0.05, 0) is 32.8 Å². The molecule has 0 radical (unpaired) electrons. The monoisotopic (exact) mass is 353 g/mol. The van der Waals surface area contributed by atoms with Gasteiger partial charge in [0, 0.05) is 43.9 Å². The average Bonchev–Trinajstić information content (AvgIpc) is 3.08. The zero-order chi connectivity index (χ0) is 17.9. The van der Waals surface area contributed by atoms with E-state index in [2.05, 4.69) is 44.4 Å². The summed E-state index contributed by atoms with van der Waals surface area (Å²) in [4.78, 5) is 18.0. The molecule has 2 N–H and O–H groups in total. The van der Waals surface area contributed by atoms with Crippen LogP contribution in [0, 0.1) is 0 Å². The summed E-state index contributed by atoms with van der Waals surface area (Å²) in [7, 11) is 0. The van der Waals surface area contributed by atoms with E-state index < -0.39 is 0 Å². The Bertz CT molecular complexity index is 886. The third-order valence-corrected chi connectivity index (χ3v) is 4.33. The molecule has 0 atom stereocenters. The summed E-state index contributed by atoms with van der Waals surface area (Å²) in [6.07, 6.45) is 9.21. The smallest absolute Gasteiger partial charge is 0.223 e. The van der Waals surface area contributed by atoms with Crippen LogP contribution in [0.1, 0.15) is 26.7 Å². The maximum Gasteiger partial charge on any atom is 0.223 e. The van der Waals surface area contributed by atoms with Gasteiger partial charge < -0.3 is 15.4 Å². The number of rotatable bonds is 5. The Labute approximate surface area is 152 Å². The van der Waals surface area contributed by atoms with Crippen molar-refractivity contribution >= 4 is 17.4 Å². The molecule has 3 aromatic heterocycles. The van der Waals surface area contributed by atoms with Crippen molar-refractivity contribution in [3.63, 3.8) is 0 Å². The number of hydrogen-bond donors (Lipinski definition) is 2. The Kier molecular flexibility index (Phi) is 4.66. The highest BCUT2D eigenvalue weighted by Crippen LogP contribution is 2.23. The van der Waals surface area contributed by atoms with Gasteiger partial charge in [-0.1, -0.05) is 0 Å². The minimum atomic E-state index is 0.281.